The second-order valence-corrected chi connectivity index (χ2v) is 4.82. The van der Waals surface area contributed by atoms with Crippen LogP contribution in [0.15, 0.2) is 35.5 Å². The van der Waals surface area contributed by atoms with E-state index in [1.54, 1.807) is 0 Å². The summed E-state index contributed by atoms with van der Waals surface area (Å²) in [5.41, 5.74) is 2.83. The zero-order valence-electron chi connectivity index (χ0n) is 13.3. The fourth-order valence-electron chi connectivity index (χ4n) is 1.98. The average molecular weight is 461 g/mol. The van der Waals surface area contributed by atoms with Gasteiger partial charge in [-0.15, -0.1) is 12.8 Å². The first-order chi connectivity index (χ1) is 8.86. The van der Waals surface area contributed by atoms with E-state index in [4.69, 9.17) is 0 Å². The molecule has 0 aromatic rings. The van der Waals surface area contributed by atoms with Crippen molar-refractivity contribution in [2.75, 3.05) is 0 Å². The second-order valence-electron chi connectivity index (χ2n) is 4.82. The van der Waals surface area contributed by atoms with Gasteiger partial charge in [0.05, 0.1) is 0 Å². The number of hydrogen-bond acceptors (Lipinski definition) is 0. The molecule has 2 aliphatic rings. The molecule has 0 fully saturated rings. The van der Waals surface area contributed by atoms with E-state index in [9.17, 15) is 0 Å². The third-order valence-electron chi connectivity index (χ3n) is 3.13. The molecule has 120 valence electrons. The smallest absolute Gasteiger partial charge is 0 e. The first-order valence-electron chi connectivity index (χ1n) is 7.39. The molecule has 0 aromatic heterocycles. The van der Waals surface area contributed by atoms with Crippen molar-refractivity contribution < 1.29 is 35.3 Å². The molecule has 0 unspecified atom stereocenters. The predicted octanol–water partition coefficient (Wildman–Crippen LogP) is 6.03. The molecule has 0 amide bonds. The number of halogens is 2. The maximum Gasteiger partial charge on any atom is 0 e. The van der Waals surface area contributed by atoms with Crippen LogP contribution in [0.1, 0.15) is 65.2 Å². The number of allylic oxidation sites excluding steroid dienone is 8. The van der Waals surface area contributed by atoms with Gasteiger partial charge >= 0.3 is 0 Å². The van der Waals surface area contributed by atoms with E-state index in [0.717, 1.165) is 12.8 Å². The molecule has 21 heavy (non-hydrogen) atoms. The Morgan fingerprint density at radius 1 is 0.810 bits per heavy atom. The van der Waals surface area contributed by atoms with Crippen molar-refractivity contribution in [2.24, 2.45) is 0 Å². The van der Waals surface area contributed by atoms with E-state index in [0.29, 0.717) is 0 Å². The van der Waals surface area contributed by atoms with Crippen molar-refractivity contribution >= 4 is 0 Å². The summed E-state index contributed by atoms with van der Waals surface area (Å²) in [4.78, 5) is 0. The summed E-state index contributed by atoms with van der Waals surface area (Å²) in [5.74, 6) is 0. The number of rotatable bonds is 6. The molecule has 0 bridgehead atoms. The fraction of sp³-hybridized carbons (Fsp3) is 0.556. The van der Waals surface area contributed by atoms with Gasteiger partial charge in [0.25, 0.3) is 0 Å². The zero-order chi connectivity index (χ0) is 13.1. The molecule has 0 spiro atoms. The van der Waals surface area contributed by atoms with Crippen LogP contribution < -0.4 is 0 Å². The molecule has 3 heteroatoms. The van der Waals surface area contributed by atoms with Gasteiger partial charge < -0.3 is 0 Å². The van der Waals surface area contributed by atoms with Crippen LogP contribution in [0.25, 0.3) is 0 Å². The summed E-state index contributed by atoms with van der Waals surface area (Å²) in [6.45, 7) is 4.44. The maximum absolute atomic E-state index is 3.30. The molecule has 0 N–H and O–H groups in total. The Morgan fingerprint density at radius 3 is 1.43 bits per heavy atom. The molecule has 0 heterocycles. The Balaban J connectivity index is -0.000000270. The van der Waals surface area contributed by atoms with Crippen molar-refractivity contribution in [1.29, 1.82) is 0 Å². The van der Waals surface area contributed by atoms with Gasteiger partial charge in [0.15, 0.2) is 0 Å². The number of hydrogen-bond donors (Lipinski definition) is 0. The van der Waals surface area contributed by atoms with Gasteiger partial charge in [0, 0.05) is 25.8 Å². The maximum atomic E-state index is 3.30. The zero-order valence-corrected chi connectivity index (χ0v) is 16.9. The van der Waals surface area contributed by atoms with E-state index >= 15 is 0 Å². The predicted molar refractivity (Wildman–Crippen MR) is 85.1 cm³/mol. The van der Waals surface area contributed by atoms with Crippen molar-refractivity contribution in [3.63, 3.8) is 0 Å². The number of unbranched alkanes of at least 4 members (excludes halogenated alkanes) is 2. The summed E-state index contributed by atoms with van der Waals surface area (Å²) in [6, 6.07) is 0. The summed E-state index contributed by atoms with van der Waals surface area (Å²) in [7, 11) is 0. The molecule has 2 rings (SSSR count). The minimum absolute atomic E-state index is 0. The third-order valence-corrected chi connectivity index (χ3v) is 3.13. The van der Waals surface area contributed by atoms with E-state index in [2.05, 4.69) is 50.3 Å². The molecule has 0 saturated heterocycles. The molecule has 0 aromatic carbocycles. The third kappa shape index (κ3) is 13.1. The van der Waals surface area contributed by atoms with Gasteiger partial charge in [-0.25, -0.2) is 23.3 Å². The first-order valence-corrected chi connectivity index (χ1v) is 7.39. The van der Waals surface area contributed by atoms with Crippen molar-refractivity contribution in [2.45, 2.75) is 65.2 Å². The SMILES string of the molecule is CCCCC1=[C-]CC=C1.CCCCC1=[C-]CC=C1.F.F.[Hf]. The van der Waals surface area contributed by atoms with Crippen LogP contribution in [0.2, 0.25) is 0 Å². The molecule has 0 atom stereocenters. The Bertz CT molecular complexity index is 307. The Morgan fingerprint density at radius 2 is 1.19 bits per heavy atom. The molecule has 0 saturated carbocycles. The first kappa shape index (κ1) is 25.6. The van der Waals surface area contributed by atoms with Crippen LogP contribution in [0, 0.1) is 12.2 Å². The Labute approximate surface area is 148 Å². The van der Waals surface area contributed by atoms with E-state index in [-0.39, 0.29) is 35.3 Å². The topological polar surface area (TPSA) is 0 Å². The monoisotopic (exact) mass is 462 g/mol. The summed E-state index contributed by atoms with van der Waals surface area (Å²) in [5, 5.41) is 0. The van der Waals surface area contributed by atoms with Gasteiger partial charge in [0.1, 0.15) is 0 Å². The molecule has 0 nitrogen and oxygen atoms in total. The van der Waals surface area contributed by atoms with Crippen LogP contribution >= 0.6 is 0 Å². The summed E-state index contributed by atoms with van der Waals surface area (Å²) < 4.78 is 0. The standard InChI is InChI=1S/2C9H13.2FH.Hf/c2*1-2-3-6-9-7-4-5-8-9;;;/h2*4,7H,2-3,5-6H2,1H3;2*1H;/q2*-1;;;. The van der Waals surface area contributed by atoms with Gasteiger partial charge in [-0.2, -0.15) is 12.2 Å². The normalized spacial score (nSPS) is 14.0. The van der Waals surface area contributed by atoms with E-state index in [1.165, 1.54) is 49.7 Å². The van der Waals surface area contributed by atoms with Crippen LogP contribution in [-0.4, -0.2) is 0 Å². The van der Waals surface area contributed by atoms with Crippen molar-refractivity contribution in [3.05, 3.63) is 47.6 Å². The molecule has 0 radical (unpaired) electrons. The molecular weight excluding hydrogens is 433 g/mol. The van der Waals surface area contributed by atoms with Gasteiger partial charge in [-0.05, 0) is 0 Å². The minimum Gasteiger partial charge on any atom is -0.269 e. The minimum atomic E-state index is 0. The average Bonchev–Trinajstić information content (AvgIpc) is 3.07. The van der Waals surface area contributed by atoms with Gasteiger partial charge in [-0.3, -0.25) is 21.6 Å². The van der Waals surface area contributed by atoms with Crippen LogP contribution in [0.5, 0.6) is 0 Å². The van der Waals surface area contributed by atoms with Crippen molar-refractivity contribution in [3.8, 4) is 0 Å². The van der Waals surface area contributed by atoms with E-state index < -0.39 is 0 Å². The van der Waals surface area contributed by atoms with Crippen molar-refractivity contribution in [1.82, 2.24) is 0 Å². The summed E-state index contributed by atoms with van der Waals surface area (Å²) >= 11 is 0. The fourth-order valence-corrected chi connectivity index (χ4v) is 1.98. The molecule has 0 aliphatic heterocycles. The Hall–Kier alpha value is -0.310. The van der Waals surface area contributed by atoms with Crippen LogP contribution in [-0.2, 0) is 25.8 Å². The summed E-state index contributed by atoms with van der Waals surface area (Å²) in [6.07, 6.45) is 25.1. The largest absolute Gasteiger partial charge is 0.269 e. The molecule has 2 aliphatic carbocycles. The Kier molecular flexibility index (Phi) is 21.7. The van der Waals surface area contributed by atoms with Crippen LogP contribution in [0.3, 0.4) is 0 Å². The van der Waals surface area contributed by atoms with Gasteiger partial charge in [0.2, 0.25) is 0 Å². The molecular formula is C18H28F2Hf-2. The second kappa shape index (κ2) is 17.7. The van der Waals surface area contributed by atoms with Gasteiger partial charge in [-0.1, -0.05) is 52.4 Å². The van der Waals surface area contributed by atoms with E-state index in [1.807, 2.05) is 0 Å². The quantitative estimate of drug-likeness (QED) is 0.335. The van der Waals surface area contributed by atoms with Crippen LogP contribution in [0.4, 0.5) is 9.41 Å².